The summed E-state index contributed by atoms with van der Waals surface area (Å²) in [7, 11) is 0. The first kappa shape index (κ1) is 18.6. The molecule has 0 radical (unpaired) electrons. The second kappa shape index (κ2) is 8.95. The SMILES string of the molecule is CCOc1cc(CNC(=O)Cc2csc(NC(=O)c3ccco3)n2)ccn1. The smallest absolute Gasteiger partial charge is 0.293 e. The van der Waals surface area contributed by atoms with Crippen molar-refractivity contribution in [3.05, 3.63) is 59.1 Å². The van der Waals surface area contributed by atoms with Crippen molar-refractivity contribution in [1.82, 2.24) is 15.3 Å². The Kier molecular flexibility index (Phi) is 6.16. The van der Waals surface area contributed by atoms with E-state index in [0.29, 0.717) is 29.9 Å². The minimum atomic E-state index is -0.381. The number of amides is 2. The zero-order valence-corrected chi connectivity index (χ0v) is 15.4. The molecule has 8 nitrogen and oxygen atoms in total. The van der Waals surface area contributed by atoms with Crippen LogP contribution in [0.2, 0.25) is 0 Å². The molecule has 0 aliphatic heterocycles. The predicted molar refractivity (Wildman–Crippen MR) is 99.7 cm³/mol. The van der Waals surface area contributed by atoms with Crippen molar-refractivity contribution in [3.8, 4) is 5.88 Å². The van der Waals surface area contributed by atoms with Gasteiger partial charge in [0.15, 0.2) is 10.9 Å². The number of carbonyl (C=O) groups excluding carboxylic acids is 2. The van der Waals surface area contributed by atoms with E-state index < -0.39 is 0 Å². The van der Waals surface area contributed by atoms with Crippen LogP contribution in [0.1, 0.15) is 28.7 Å². The summed E-state index contributed by atoms with van der Waals surface area (Å²) in [6.07, 6.45) is 3.18. The second-order valence-electron chi connectivity index (χ2n) is 5.46. The van der Waals surface area contributed by atoms with Crippen molar-refractivity contribution in [2.45, 2.75) is 19.9 Å². The molecule has 140 valence electrons. The van der Waals surface area contributed by atoms with Crippen molar-refractivity contribution in [2.75, 3.05) is 11.9 Å². The van der Waals surface area contributed by atoms with Crippen molar-refractivity contribution in [1.29, 1.82) is 0 Å². The Hall–Kier alpha value is -3.20. The van der Waals surface area contributed by atoms with Crippen LogP contribution in [0.5, 0.6) is 5.88 Å². The lowest BCUT2D eigenvalue weighted by Crippen LogP contribution is -2.24. The van der Waals surface area contributed by atoms with E-state index >= 15 is 0 Å². The van der Waals surface area contributed by atoms with Crippen LogP contribution in [0.3, 0.4) is 0 Å². The summed E-state index contributed by atoms with van der Waals surface area (Å²) in [4.78, 5) is 32.4. The number of thiazole rings is 1. The molecule has 0 saturated heterocycles. The third-order valence-electron chi connectivity index (χ3n) is 3.44. The van der Waals surface area contributed by atoms with E-state index in [4.69, 9.17) is 9.15 Å². The van der Waals surface area contributed by atoms with Crippen molar-refractivity contribution in [2.24, 2.45) is 0 Å². The third-order valence-corrected chi connectivity index (χ3v) is 4.25. The first-order valence-corrected chi connectivity index (χ1v) is 9.15. The number of carbonyl (C=O) groups is 2. The summed E-state index contributed by atoms with van der Waals surface area (Å²) in [6.45, 7) is 2.79. The highest BCUT2D eigenvalue weighted by Crippen LogP contribution is 2.17. The molecule has 0 unspecified atom stereocenters. The zero-order chi connectivity index (χ0) is 19.1. The fourth-order valence-electron chi connectivity index (χ4n) is 2.23. The topological polar surface area (TPSA) is 106 Å². The quantitative estimate of drug-likeness (QED) is 0.616. The van der Waals surface area contributed by atoms with Crippen LogP contribution in [0.15, 0.2) is 46.5 Å². The summed E-state index contributed by atoms with van der Waals surface area (Å²) in [5.74, 6) is 0.182. The number of aromatic nitrogens is 2. The van der Waals surface area contributed by atoms with Crippen LogP contribution < -0.4 is 15.4 Å². The highest BCUT2D eigenvalue weighted by atomic mass is 32.1. The van der Waals surface area contributed by atoms with Gasteiger partial charge in [0.2, 0.25) is 11.8 Å². The molecule has 0 bridgehead atoms. The normalized spacial score (nSPS) is 10.4. The molecular formula is C18H18N4O4S. The van der Waals surface area contributed by atoms with E-state index in [1.165, 1.54) is 17.6 Å². The number of pyridine rings is 1. The van der Waals surface area contributed by atoms with Crippen molar-refractivity contribution >= 4 is 28.3 Å². The fraction of sp³-hybridized carbons (Fsp3) is 0.222. The van der Waals surface area contributed by atoms with Crippen molar-refractivity contribution < 1.29 is 18.7 Å². The van der Waals surface area contributed by atoms with Crippen LogP contribution in [0.25, 0.3) is 0 Å². The molecule has 3 rings (SSSR count). The number of hydrogen-bond acceptors (Lipinski definition) is 7. The number of rotatable bonds is 8. The first-order chi connectivity index (χ1) is 13.1. The van der Waals surface area contributed by atoms with Gasteiger partial charge in [0, 0.05) is 24.2 Å². The maximum atomic E-state index is 12.1. The third kappa shape index (κ3) is 5.38. The number of ether oxygens (including phenoxy) is 1. The monoisotopic (exact) mass is 386 g/mol. The largest absolute Gasteiger partial charge is 0.478 e. The number of nitrogens with zero attached hydrogens (tertiary/aromatic N) is 2. The van der Waals surface area contributed by atoms with Gasteiger partial charge in [-0.05, 0) is 30.7 Å². The lowest BCUT2D eigenvalue weighted by atomic mass is 10.2. The summed E-state index contributed by atoms with van der Waals surface area (Å²) >= 11 is 1.25. The van der Waals surface area contributed by atoms with Crippen LogP contribution in [-0.4, -0.2) is 28.4 Å². The molecule has 2 N–H and O–H groups in total. The van der Waals surface area contributed by atoms with E-state index in [9.17, 15) is 9.59 Å². The Morgan fingerprint density at radius 2 is 2.22 bits per heavy atom. The van der Waals surface area contributed by atoms with Crippen LogP contribution >= 0.6 is 11.3 Å². The van der Waals surface area contributed by atoms with Gasteiger partial charge in [-0.25, -0.2) is 9.97 Å². The minimum Gasteiger partial charge on any atom is -0.478 e. The van der Waals surface area contributed by atoms with Gasteiger partial charge in [0.25, 0.3) is 5.91 Å². The Morgan fingerprint density at radius 1 is 1.33 bits per heavy atom. The van der Waals surface area contributed by atoms with Gasteiger partial charge in [0.1, 0.15) is 0 Å². The number of nitrogens with one attached hydrogen (secondary N) is 2. The van der Waals surface area contributed by atoms with Gasteiger partial charge in [-0.2, -0.15) is 0 Å². The lowest BCUT2D eigenvalue weighted by Gasteiger charge is -2.06. The Labute approximate surface area is 159 Å². The van der Waals surface area contributed by atoms with Gasteiger partial charge in [-0.1, -0.05) is 0 Å². The molecule has 0 aliphatic rings. The summed E-state index contributed by atoms with van der Waals surface area (Å²) < 4.78 is 10.4. The number of furan rings is 1. The van der Waals surface area contributed by atoms with Gasteiger partial charge in [-0.3, -0.25) is 14.9 Å². The van der Waals surface area contributed by atoms with E-state index in [0.717, 1.165) is 5.56 Å². The summed E-state index contributed by atoms with van der Waals surface area (Å²) in [5, 5.41) is 7.61. The standard InChI is InChI=1S/C18H18N4O4S/c1-2-25-16-8-12(5-6-19-16)10-20-15(23)9-13-11-27-18(21-13)22-17(24)14-4-3-7-26-14/h3-8,11H,2,9-10H2,1H3,(H,20,23)(H,21,22,24). The minimum absolute atomic E-state index is 0.122. The van der Waals surface area contributed by atoms with Crippen LogP contribution in [0.4, 0.5) is 5.13 Å². The van der Waals surface area contributed by atoms with Gasteiger partial charge >= 0.3 is 0 Å². The molecule has 0 fully saturated rings. The van der Waals surface area contributed by atoms with E-state index in [2.05, 4.69) is 20.6 Å². The van der Waals surface area contributed by atoms with E-state index in [1.807, 2.05) is 13.0 Å². The Morgan fingerprint density at radius 3 is 3.00 bits per heavy atom. The molecule has 3 aromatic heterocycles. The Bertz CT molecular complexity index is 908. The molecule has 27 heavy (non-hydrogen) atoms. The maximum absolute atomic E-state index is 12.1. The molecule has 3 aromatic rings. The molecule has 0 spiro atoms. The molecule has 0 aromatic carbocycles. The van der Waals surface area contributed by atoms with Crippen molar-refractivity contribution in [3.63, 3.8) is 0 Å². The number of hydrogen-bond donors (Lipinski definition) is 2. The van der Waals surface area contributed by atoms with Gasteiger partial charge in [-0.15, -0.1) is 11.3 Å². The highest BCUT2D eigenvalue weighted by Gasteiger charge is 2.13. The van der Waals surface area contributed by atoms with Gasteiger partial charge in [0.05, 0.1) is 25.0 Å². The zero-order valence-electron chi connectivity index (χ0n) is 14.6. The summed E-state index contributed by atoms with van der Waals surface area (Å²) in [6, 6.07) is 6.79. The molecule has 0 saturated carbocycles. The molecule has 0 aliphatic carbocycles. The van der Waals surface area contributed by atoms with Gasteiger partial charge < -0.3 is 14.5 Å². The lowest BCUT2D eigenvalue weighted by molar-refractivity contribution is -0.120. The van der Waals surface area contributed by atoms with E-state index in [1.54, 1.807) is 29.8 Å². The molecule has 9 heteroatoms. The highest BCUT2D eigenvalue weighted by molar-refractivity contribution is 7.14. The Balaban J connectivity index is 1.49. The van der Waals surface area contributed by atoms with Crippen LogP contribution in [0, 0.1) is 0 Å². The molecular weight excluding hydrogens is 368 g/mol. The average Bonchev–Trinajstić information content (AvgIpc) is 3.33. The predicted octanol–water partition coefficient (Wildman–Crippen LogP) is 2.64. The number of anilines is 1. The average molecular weight is 386 g/mol. The molecule has 0 atom stereocenters. The summed E-state index contributed by atoms with van der Waals surface area (Å²) in [5.41, 5.74) is 1.48. The fourth-order valence-corrected chi connectivity index (χ4v) is 2.93. The first-order valence-electron chi connectivity index (χ1n) is 8.27. The molecule has 2 amide bonds. The molecule has 3 heterocycles. The van der Waals surface area contributed by atoms with E-state index in [-0.39, 0.29) is 24.0 Å². The second-order valence-corrected chi connectivity index (χ2v) is 6.32. The maximum Gasteiger partial charge on any atom is 0.293 e. The van der Waals surface area contributed by atoms with Crippen LogP contribution in [-0.2, 0) is 17.8 Å².